The SMILES string of the molecule is O=C1CC(c2ccccc2)c2cccc3c2N1CC=C3. The van der Waals surface area contributed by atoms with E-state index in [9.17, 15) is 4.79 Å². The molecule has 2 aliphatic rings. The van der Waals surface area contributed by atoms with Crippen LogP contribution < -0.4 is 4.90 Å². The van der Waals surface area contributed by atoms with E-state index in [1.54, 1.807) is 0 Å². The summed E-state index contributed by atoms with van der Waals surface area (Å²) in [5.41, 5.74) is 4.77. The molecule has 1 atom stereocenters. The number of benzene rings is 2. The van der Waals surface area contributed by atoms with Crippen molar-refractivity contribution in [3.05, 3.63) is 71.3 Å². The van der Waals surface area contributed by atoms with Crippen molar-refractivity contribution < 1.29 is 4.79 Å². The van der Waals surface area contributed by atoms with Crippen LogP contribution in [0.25, 0.3) is 6.08 Å². The summed E-state index contributed by atoms with van der Waals surface area (Å²) in [5.74, 6) is 0.407. The van der Waals surface area contributed by atoms with E-state index in [0.29, 0.717) is 13.0 Å². The normalized spacial score (nSPS) is 19.9. The molecule has 0 saturated heterocycles. The first-order chi connectivity index (χ1) is 9.84. The number of para-hydroxylation sites is 1. The number of hydrogen-bond acceptors (Lipinski definition) is 1. The molecule has 20 heavy (non-hydrogen) atoms. The van der Waals surface area contributed by atoms with Crippen LogP contribution in [0.3, 0.4) is 0 Å². The quantitative estimate of drug-likeness (QED) is 0.768. The van der Waals surface area contributed by atoms with E-state index in [-0.39, 0.29) is 11.8 Å². The monoisotopic (exact) mass is 261 g/mol. The van der Waals surface area contributed by atoms with Crippen molar-refractivity contribution in [3.63, 3.8) is 0 Å². The van der Waals surface area contributed by atoms with E-state index < -0.39 is 0 Å². The third-order valence-electron chi connectivity index (χ3n) is 4.21. The highest BCUT2D eigenvalue weighted by atomic mass is 16.2. The third-order valence-corrected chi connectivity index (χ3v) is 4.21. The second-order valence-electron chi connectivity index (χ2n) is 5.36. The molecule has 2 heterocycles. The Kier molecular flexibility index (Phi) is 2.49. The number of amides is 1. The van der Waals surface area contributed by atoms with Gasteiger partial charge >= 0.3 is 0 Å². The Balaban J connectivity index is 1.93. The average Bonchev–Trinajstić information content (AvgIpc) is 2.52. The summed E-state index contributed by atoms with van der Waals surface area (Å²) in [5, 5.41) is 0. The Morgan fingerprint density at radius 1 is 1.00 bits per heavy atom. The van der Waals surface area contributed by atoms with Crippen LogP contribution >= 0.6 is 0 Å². The summed E-state index contributed by atoms with van der Waals surface area (Å²) in [7, 11) is 0. The molecule has 2 aliphatic heterocycles. The lowest BCUT2D eigenvalue weighted by Gasteiger charge is -2.36. The highest BCUT2D eigenvalue weighted by molar-refractivity contribution is 6.01. The molecule has 0 radical (unpaired) electrons. The standard InChI is InChI=1S/C18H15NO/c20-17-12-16(13-6-2-1-3-7-13)15-10-4-8-14-9-5-11-19(17)18(14)15/h1-10,16H,11-12H2. The van der Waals surface area contributed by atoms with Gasteiger partial charge in [0.05, 0.1) is 5.69 Å². The molecule has 98 valence electrons. The van der Waals surface area contributed by atoms with Gasteiger partial charge in [-0.3, -0.25) is 4.79 Å². The van der Waals surface area contributed by atoms with Gasteiger partial charge in [0.1, 0.15) is 0 Å². The second-order valence-corrected chi connectivity index (χ2v) is 5.36. The predicted molar refractivity (Wildman–Crippen MR) is 80.7 cm³/mol. The van der Waals surface area contributed by atoms with Gasteiger partial charge in [0, 0.05) is 18.9 Å². The van der Waals surface area contributed by atoms with Crippen LogP contribution in [0.15, 0.2) is 54.6 Å². The second kappa shape index (κ2) is 4.34. The van der Waals surface area contributed by atoms with Gasteiger partial charge in [-0.25, -0.2) is 0 Å². The Labute approximate surface area is 118 Å². The minimum Gasteiger partial charge on any atom is -0.308 e. The highest BCUT2D eigenvalue weighted by Gasteiger charge is 2.33. The van der Waals surface area contributed by atoms with Crippen molar-refractivity contribution in [2.45, 2.75) is 12.3 Å². The molecule has 0 N–H and O–H groups in total. The molecule has 1 amide bonds. The van der Waals surface area contributed by atoms with Gasteiger partial charge in [0.2, 0.25) is 5.91 Å². The smallest absolute Gasteiger partial charge is 0.228 e. The third kappa shape index (κ3) is 1.61. The fourth-order valence-corrected chi connectivity index (χ4v) is 3.29. The first-order valence-corrected chi connectivity index (χ1v) is 6.99. The summed E-state index contributed by atoms with van der Waals surface area (Å²) >= 11 is 0. The van der Waals surface area contributed by atoms with Crippen LogP contribution in [0, 0.1) is 0 Å². The zero-order chi connectivity index (χ0) is 13.5. The van der Waals surface area contributed by atoms with Crippen molar-refractivity contribution in [2.75, 3.05) is 11.4 Å². The Bertz CT molecular complexity index is 703. The zero-order valence-corrected chi connectivity index (χ0v) is 11.1. The Hall–Kier alpha value is -2.35. The fraction of sp³-hybridized carbons (Fsp3) is 0.167. The molecular weight excluding hydrogens is 246 g/mol. The van der Waals surface area contributed by atoms with E-state index in [1.165, 1.54) is 11.1 Å². The van der Waals surface area contributed by atoms with Crippen molar-refractivity contribution in [2.24, 2.45) is 0 Å². The molecule has 0 bridgehead atoms. The maximum atomic E-state index is 12.4. The molecule has 0 spiro atoms. The van der Waals surface area contributed by atoms with Crippen LogP contribution in [0.4, 0.5) is 5.69 Å². The van der Waals surface area contributed by atoms with E-state index in [0.717, 1.165) is 11.3 Å². The molecule has 2 nitrogen and oxygen atoms in total. The maximum absolute atomic E-state index is 12.4. The van der Waals surface area contributed by atoms with Crippen LogP contribution in [-0.4, -0.2) is 12.5 Å². The molecule has 1 unspecified atom stereocenters. The number of nitrogens with zero attached hydrogens (tertiary/aromatic N) is 1. The van der Waals surface area contributed by atoms with Crippen LogP contribution in [0.5, 0.6) is 0 Å². The molecule has 0 fully saturated rings. The van der Waals surface area contributed by atoms with Crippen molar-refractivity contribution >= 4 is 17.7 Å². The fourth-order valence-electron chi connectivity index (χ4n) is 3.29. The van der Waals surface area contributed by atoms with E-state index in [1.807, 2.05) is 23.1 Å². The maximum Gasteiger partial charge on any atom is 0.228 e. The largest absolute Gasteiger partial charge is 0.308 e. The first-order valence-electron chi connectivity index (χ1n) is 6.99. The van der Waals surface area contributed by atoms with Gasteiger partial charge in [-0.1, -0.05) is 60.7 Å². The number of hydrogen-bond donors (Lipinski definition) is 0. The van der Waals surface area contributed by atoms with Gasteiger partial charge in [0.25, 0.3) is 0 Å². The van der Waals surface area contributed by atoms with Crippen molar-refractivity contribution in [3.8, 4) is 0 Å². The van der Waals surface area contributed by atoms with Gasteiger partial charge in [-0.2, -0.15) is 0 Å². The number of anilines is 1. The summed E-state index contributed by atoms with van der Waals surface area (Å²) in [4.78, 5) is 14.4. The van der Waals surface area contributed by atoms with Crippen molar-refractivity contribution in [1.82, 2.24) is 0 Å². The topological polar surface area (TPSA) is 20.3 Å². The molecule has 0 saturated carbocycles. The van der Waals surface area contributed by atoms with Crippen LogP contribution in [-0.2, 0) is 4.79 Å². The van der Waals surface area contributed by atoms with Gasteiger partial charge in [-0.15, -0.1) is 0 Å². The summed E-state index contributed by atoms with van der Waals surface area (Å²) < 4.78 is 0. The zero-order valence-electron chi connectivity index (χ0n) is 11.1. The van der Waals surface area contributed by atoms with Crippen molar-refractivity contribution in [1.29, 1.82) is 0 Å². The molecule has 4 rings (SSSR count). The molecular formula is C18H15NO. The van der Waals surface area contributed by atoms with Gasteiger partial charge in [-0.05, 0) is 16.7 Å². The van der Waals surface area contributed by atoms with Crippen LogP contribution in [0.2, 0.25) is 0 Å². The van der Waals surface area contributed by atoms with E-state index in [4.69, 9.17) is 0 Å². The van der Waals surface area contributed by atoms with Gasteiger partial charge < -0.3 is 4.90 Å². The minimum atomic E-state index is 0.182. The summed E-state index contributed by atoms with van der Waals surface area (Å²) in [6, 6.07) is 16.7. The lowest BCUT2D eigenvalue weighted by atomic mass is 9.82. The van der Waals surface area contributed by atoms with Crippen LogP contribution in [0.1, 0.15) is 29.0 Å². The van der Waals surface area contributed by atoms with E-state index in [2.05, 4.69) is 42.5 Å². The predicted octanol–water partition coefficient (Wildman–Crippen LogP) is 3.58. The molecule has 2 aromatic rings. The number of carbonyl (C=O) groups is 1. The molecule has 0 aliphatic carbocycles. The molecule has 0 aromatic heterocycles. The average molecular weight is 261 g/mol. The Morgan fingerprint density at radius 3 is 2.70 bits per heavy atom. The lowest BCUT2D eigenvalue weighted by molar-refractivity contribution is -0.119. The Morgan fingerprint density at radius 2 is 1.85 bits per heavy atom. The van der Waals surface area contributed by atoms with E-state index >= 15 is 0 Å². The highest BCUT2D eigenvalue weighted by Crippen LogP contribution is 2.43. The van der Waals surface area contributed by atoms with Gasteiger partial charge in [0.15, 0.2) is 0 Å². The first kappa shape index (κ1) is 11.5. The molecule has 2 aromatic carbocycles. The number of carbonyl (C=O) groups excluding carboxylic acids is 1. The summed E-state index contributed by atoms with van der Waals surface area (Å²) in [6.45, 7) is 0.699. The lowest BCUT2D eigenvalue weighted by Crippen LogP contribution is -2.38. The summed E-state index contributed by atoms with van der Waals surface area (Å²) in [6.07, 6.45) is 4.75. The number of rotatable bonds is 1. The minimum absolute atomic E-state index is 0.182. The molecule has 2 heteroatoms.